The van der Waals surface area contributed by atoms with Crippen LogP contribution in [0.25, 0.3) is 0 Å². The lowest BCUT2D eigenvalue weighted by Gasteiger charge is -2.35. The highest BCUT2D eigenvalue weighted by molar-refractivity contribution is 7.89. The van der Waals surface area contributed by atoms with Crippen molar-refractivity contribution in [1.29, 1.82) is 0 Å². The van der Waals surface area contributed by atoms with Gasteiger partial charge in [0.05, 0.1) is 9.77 Å². The average Bonchev–Trinajstić information content (AvgIpc) is 3.31. The van der Waals surface area contributed by atoms with E-state index in [0.29, 0.717) is 29.3 Å². The van der Waals surface area contributed by atoms with Crippen molar-refractivity contribution in [2.24, 2.45) is 5.92 Å². The standard InChI is InChI=1S/C21H26ClN3O4S2/c1-2-11-23-21(27)19(24-20(26)18-4-3-14-30-18)15-9-12-25(13-10-15)31(28,29)17-7-5-16(22)6-8-17/h3-8,14-15,19H,2,9-13H2,1H3,(H,23,27)(H,24,26). The molecule has 1 aromatic carbocycles. The fraction of sp³-hybridized carbons (Fsp3) is 0.429. The van der Waals surface area contributed by atoms with E-state index in [2.05, 4.69) is 10.6 Å². The molecule has 1 aliphatic heterocycles. The van der Waals surface area contributed by atoms with Crippen LogP contribution in [0.3, 0.4) is 0 Å². The number of sulfonamides is 1. The van der Waals surface area contributed by atoms with Crippen LogP contribution in [0, 0.1) is 5.92 Å². The Morgan fingerprint density at radius 2 is 1.87 bits per heavy atom. The number of carbonyl (C=O) groups excluding carboxylic acids is 2. The highest BCUT2D eigenvalue weighted by atomic mass is 35.5. The second kappa shape index (κ2) is 10.6. The molecular weight excluding hydrogens is 458 g/mol. The van der Waals surface area contributed by atoms with Crippen LogP contribution in [0.5, 0.6) is 0 Å². The summed E-state index contributed by atoms with van der Waals surface area (Å²) in [5, 5.41) is 8.00. The number of rotatable bonds is 8. The number of nitrogens with one attached hydrogen (secondary N) is 2. The molecule has 1 saturated heterocycles. The highest BCUT2D eigenvalue weighted by Gasteiger charge is 2.36. The Labute approximate surface area is 191 Å². The number of hydrogen-bond acceptors (Lipinski definition) is 5. The van der Waals surface area contributed by atoms with Crippen LogP contribution in [0.15, 0.2) is 46.7 Å². The summed E-state index contributed by atoms with van der Waals surface area (Å²) >= 11 is 7.18. The number of amides is 2. The SMILES string of the molecule is CCCNC(=O)C(NC(=O)c1cccs1)C1CCN(S(=O)(=O)c2ccc(Cl)cc2)CC1. The fourth-order valence-corrected chi connectivity index (χ4v) is 5.80. The summed E-state index contributed by atoms with van der Waals surface area (Å²) in [6.07, 6.45) is 1.73. The van der Waals surface area contributed by atoms with Crippen molar-refractivity contribution in [2.45, 2.75) is 37.1 Å². The second-order valence-corrected chi connectivity index (χ2v) is 10.7. The number of hydrogen-bond donors (Lipinski definition) is 2. The Balaban J connectivity index is 1.69. The Morgan fingerprint density at radius 3 is 2.45 bits per heavy atom. The number of carbonyl (C=O) groups is 2. The Bertz CT molecular complexity index is 986. The van der Waals surface area contributed by atoms with E-state index in [1.165, 1.54) is 27.8 Å². The van der Waals surface area contributed by atoms with Crippen LogP contribution < -0.4 is 10.6 Å². The van der Waals surface area contributed by atoms with Gasteiger partial charge in [-0.3, -0.25) is 9.59 Å². The first-order chi connectivity index (χ1) is 14.8. The summed E-state index contributed by atoms with van der Waals surface area (Å²) in [5.74, 6) is -0.675. The smallest absolute Gasteiger partial charge is 0.262 e. The molecule has 168 valence electrons. The molecule has 1 fully saturated rings. The third-order valence-corrected chi connectivity index (χ3v) is 8.32. The molecular formula is C21H26ClN3O4S2. The molecule has 1 unspecified atom stereocenters. The predicted molar refractivity (Wildman–Crippen MR) is 122 cm³/mol. The van der Waals surface area contributed by atoms with Gasteiger partial charge in [0.2, 0.25) is 15.9 Å². The molecule has 0 spiro atoms. The maximum atomic E-state index is 12.9. The van der Waals surface area contributed by atoms with Crippen LogP contribution >= 0.6 is 22.9 Å². The topological polar surface area (TPSA) is 95.6 Å². The summed E-state index contributed by atoms with van der Waals surface area (Å²) in [6.45, 7) is 3.04. The van der Waals surface area contributed by atoms with Crippen molar-refractivity contribution in [3.8, 4) is 0 Å². The highest BCUT2D eigenvalue weighted by Crippen LogP contribution is 2.27. The third-order valence-electron chi connectivity index (χ3n) is 5.28. The number of piperidine rings is 1. The largest absolute Gasteiger partial charge is 0.354 e. The van der Waals surface area contributed by atoms with Crippen molar-refractivity contribution < 1.29 is 18.0 Å². The van der Waals surface area contributed by atoms with Gasteiger partial charge in [0, 0.05) is 24.7 Å². The lowest BCUT2D eigenvalue weighted by Crippen LogP contribution is -2.53. The molecule has 31 heavy (non-hydrogen) atoms. The molecule has 7 nitrogen and oxygen atoms in total. The number of benzene rings is 1. The molecule has 1 atom stereocenters. The van der Waals surface area contributed by atoms with Crippen LogP contribution in [0.2, 0.25) is 5.02 Å². The fourth-order valence-electron chi connectivity index (χ4n) is 3.58. The van der Waals surface area contributed by atoms with Crippen LogP contribution in [0.4, 0.5) is 0 Å². The van der Waals surface area contributed by atoms with Gasteiger partial charge < -0.3 is 10.6 Å². The van der Waals surface area contributed by atoms with Crippen molar-refractivity contribution in [1.82, 2.24) is 14.9 Å². The van der Waals surface area contributed by atoms with Crippen LogP contribution in [-0.4, -0.2) is 50.2 Å². The molecule has 0 saturated carbocycles. The first-order valence-corrected chi connectivity index (χ1v) is 12.9. The van der Waals surface area contributed by atoms with Crippen LogP contribution in [0.1, 0.15) is 35.9 Å². The van der Waals surface area contributed by atoms with Crippen molar-refractivity contribution in [2.75, 3.05) is 19.6 Å². The van der Waals surface area contributed by atoms with Crippen molar-refractivity contribution in [3.63, 3.8) is 0 Å². The Kier molecular flexibility index (Phi) is 8.10. The molecule has 10 heteroatoms. The van der Waals surface area contributed by atoms with E-state index in [-0.39, 0.29) is 35.7 Å². The van der Waals surface area contributed by atoms with Gasteiger partial charge in [0.15, 0.2) is 0 Å². The molecule has 0 radical (unpaired) electrons. The van der Waals surface area contributed by atoms with Crippen molar-refractivity contribution >= 4 is 44.8 Å². The number of thiophene rings is 1. The average molecular weight is 484 g/mol. The summed E-state index contributed by atoms with van der Waals surface area (Å²) < 4.78 is 27.3. The zero-order chi connectivity index (χ0) is 22.4. The molecule has 0 aliphatic carbocycles. The summed E-state index contributed by atoms with van der Waals surface area (Å²) in [4.78, 5) is 26.1. The van der Waals surface area contributed by atoms with Gasteiger partial charge in [-0.1, -0.05) is 24.6 Å². The first-order valence-electron chi connectivity index (χ1n) is 10.2. The summed E-state index contributed by atoms with van der Waals surface area (Å²) in [6, 6.07) is 8.87. The monoisotopic (exact) mass is 483 g/mol. The summed E-state index contributed by atoms with van der Waals surface area (Å²) in [5.41, 5.74) is 0. The second-order valence-electron chi connectivity index (χ2n) is 7.41. The quantitative estimate of drug-likeness (QED) is 0.603. The maximum absolute atomic E-state index is 12.9. The lowest BCUT2D eigenvalue weighted by molar-refractivity contribution is -0.124. The maximum Gasteiger partial charge on any atom is 0.262 e. The lowest BCUT2D eigenvalue weighted by atomic mass is 9.89. The van der Waals surface area contributed by atoms with Crippen LogP contribution in [-0.2, 0) is 14.8 Å². The Morgan fingerprint density at radius 1 is 1.19 bits per heavy atom. The summed E-state index contributed by atoms with van der Waals surface area (Å²) in [7, 11) is -3.63. The minimum Gasteiger partial charge on any atom is -0.354 e. The molecule has 1 aromatic heterocycles. The van der Waals surface area contributed by atoms with Crippen molar-refractivity contribution in [3.05, 3.63) is 51.7 Å². The van der Waals surface area contributed by atoms with Gasteiger partial charge in [0.25, 0.3) is 5.91 Å². The minimum atomic E-state index is -3.63. The molecule has 1 aliphatic rings. The molecule has 3 rings (SSSR count). The van der Waals surface area contributed by atoms with E-state index in [9.17, 15) is 18.0 Å². The molecule has 0 bridgehead atoms. The van der Waals surface area contributed by atoms with Gasteiger partial charge >= 0.3 is 0 Å². The van der Waals surface area contributed by atoms with E-state index in [1.807, 2.05) is 6.92 Å². The Hall–Kier alpha value is -1.94. The van der Waals surface area contributed by atoms with E-state index in [4.69, 9.17) is 11.6 Å². The van der Waals surface area contributed by atoms with Gasteiger partial charge in [-0.05, 0) is 60.9 Å². The van der Waals surface area contributed by atoms with Gasteiger partial charge in [-0.15, -0.1) is 11.3 Å². The number of halogens is 1. The molecule has 2 N–H and O–H groups in total. The number of nitrogens with zero attached hydrogens (tertiary/aromatic N) is 1. The molecule has 2 aromatic rings. The third kappa shape index (κ3) is 5.85. The van der Waals surface area contributed by atoms with Gasteiger partial charge in [-0.2, -0.15) is 4.31 Å². The van der Waals surface area contributed by atoms with E-state index < -0.39 is 16.1 Å². The van der Waals surface area contributed by atoms with E-state index in [1.54, 1.807) is 29.6 Å². The zero-order valence-electron chi connectivity index (χ0n) is 17.2. The zero-order valence-corrected chi connectivity index (χ0v) is 19.6. The van der Waals surface area contributed by atoms with E-state index >= 15 is 0 Å². The van der Waals surface area contributed by atoms with Gasteiger partial charge in [-0.25, -0.2) is 8.42 Å². The molecule has 2 amide bonds. The first kappa shape index (κ1) is 23.7. The predicted octanol–water partition coefficient (Wildman–Crippen LogP) is 3.13. The minimum absolute atomic E-state index is 0.155. The van der Waals surface area contributed by atoms with Gasteiger partial charge in [0.1, 0.15) is 6.04 Å². The normalized spacial score (nSPS) is 16.6. The molecule has 2 heterocycles. The van der Waals surface area contributed by atoms with E-state index in [0.717, 1.165) is 6.42 Å².